The van der Waals surface area contributed by atoms with Gasteiger partial charge in [0, 0.05) is 49.4 Å². The molecule has 0 radical (unpaired) electrons. The monoisotopic (exact) mass is 736 g/mol. The van der Waals surface area contributed by atoms with Gasteiger partial charge in [0.15, 0.2) is 0 Å². The van der Waals surface area contributed by atoms with Crippen LogP contribution in [0.3, 0.4) is 0 Å². The molecular formula is C52H36N2OS. The van der Waals surface area contributed by atoms with Crippen LogP contribution in [-0.4, -0.2) is 0 Å². The number of anilines is 5. The first-order valence-corrected chi connectivity index (χ1v) is 20.0. The van der Waals surface area contributed by atoms with E-state index < -0.39 is 0 Å². The second kappa shape index (κ2) is 12.9. The molecule has 0 unspecified atom stereocenters. The van der Waals surface area contributed by atoms with Gasteiger partial charge in [0.1, 0.15) is 11.2 Å². The van der Waals surface area contributed by atoms with Gasteiger partial charge in [-0.3, -0.25) is 0 Å². The van der Waals surface area contributed by atoms with Gasteiger partial charge in [-0.2, -0.15) is 0 Å². The van der Waals surface area contributed by atoms with Crippen molar-refractivity contribution >= 4 is 100 Å². The lowest BCUT2D eigenvalue weighted by Gasteiger charge is -2.34. The predicted octanol–water partition coefficient (Wildman–Crippen LogP) is 15.4. The smallest absolute Gasteiger partial charge is 0.137 e. The number of aryl methyl sites for hydroxylation is 1. The summed E-state index contributed by atoms with van der Waals surface area (Å²) in [5.41, 5.74) is 10.6. The molecule has 0 atom stereocenters. The van der Waals surface area contributed by atoms with Crippen LogP contribution in [0.1, 0.15) is 18.1 Å². The lowest BCUT2D eigenvalue weighted by molar-refractivity contribution is 0.669. The van der Waals surface area contributed by atoms with Crippen molar-refractivity contribution in [3.05, 3.63) is 194 Å². The zero-order chi connectivity index (χ0) is 37.3. The summed E-state index contributed by atoms with van der Waals surface area (Å²) in [4.78, 5) is 7.09. The Hall–Kier alpha value is -6.75. The molecule has 10 aromatic rings. The van der Waals surface area contributed by atoms with Crippen molar-refractivity contribution < 1.29 is 4.42 Å². The molecule has 266 valence electrons. The molecule has 0 fully saturated rings. The second-order valence-corrected chi connectivity index (χ2v) is 15.5. The minimum absolute atomic E-state index is 0.880. The van der Waals surface area contributed by atoms with Crippen LogP contribution in [0.25, 0.3) is 60.0 Å². The van der Waals surface area contributed by atoms with E-state index in [0.717, 1.165) is 68.1 Å². The summed E-state index contributed by atoms with van der Waals surface area (Å²) in [6.07, 6.45) is 0.922. The van der Waals surface area contributed by atoms with Gasteiger partial charge in [-0.05, 0) is 111 Å². The van der Waals surface area contributed by atoms with E-state index in [1.165, 1.54) is 47.7 Å². The van der Waals surface area contributed by atoms with Gasteiger partial charge in [-0.1, -0.05) is 134 Å². The van der Waals surface area contributed by atoms with Crippen LogP contribution in [0, 0.1) is 0 Å². The Bertz CT molecular complexity index is 3180. The Kier molecular flexibility index (Phi) is 7.55. The minimum Gasteiger partial charge on any atom is -0.456 e. The van der Waals surface area contributed by atoms with Gasteiger partial charge in [-0.25, -0.2) is 0 Å². The summed E-state index contributed by atoms with van der Waals surface area (Å²) in [6.45, 7) is 6.83. The van der Waals surface area contributed by atoms with Gasteiger partial charge in [0.2, 0.25) is 0 Å². The number of rotatable bonds is 6. The maximum absolute atomic E-state index is 6.80. The molecular weight excluding hydrogens is 701 g/mol. The molecule has 0 amide bonds. The summed E-state index contributed by atoms with van der Waals surface area (Å²) in [5, 5.41) is 9.77. The topological polar surface area (TPSA) is 19.6 Å². The van der Waals surface area contributed by atoms with Gasteiger partial charge >= 0.3 is 0 Å². The first-order valence-electron chi connectivity index (χ1n) is 19.2. The van der Waals surface area contributed by atoms with E-state index >= 15 is 0 Å². The van der Waals surface area contributed by atoms with Crippen molar-refractivity contribution in [3.63, 3.8) is 0 Å². The molecule has 1 aromatic heterocycles. The summed E-state index contributed by atoms with van der Waals surface area (Å²) >= 11 is 1.82. The molecule has 1 aliphatic heterocycles. The summed E-state index contributed by atoms with van der Waals surface area (Å²) < 4.78 is 6.80. The largest absolute Gasteiger partial charge is 0.456 e. The fourth-order valence-electron chi connectivity index (χ4n) is 8.68. The Labute approximate surface area is 329 Å². The highest BCUT2D eigenvalue weighted by molar-refractivity contribution is 7.99. The molecule has 2 heterocycles. The van der Waals surface area contributed by atoms with E-state index in [1.54, 1.807) is 0 Å². The molecule has 0 saturated heterocycles. The number of furan rings is 1. The van der Waals surface area contributed by atoms with Crippen LogP contribution in [0.2, 0.25) is 0 Å². The van der Waals surface area contributed by atoms with E-state index in [2.05, 4.69) is 193 Å². The van der Waals surface area contributed by atoms with E-state index in [9.17, 15) is 0 Å². The highest BCUT2D eigenvalue weighted by atomic mass is 32.2. The summed E-state index contributed by atoms with van der Waals surface area (Å²) in [7, 11) is 0. The van der Waals surface area contributed by atoms with Crippen LogP contribution < -0.4 is 9.80 Å². The van der Waals surface area contributed by atoms with Crippen molar-refractivity contribution in [2.45, 2.75) is 23.1 Å². The molecule has 9 aromatic carbocycles. The number of para-hydroxylation sites is 2. The highest BCUT2D eigenvalue weighted by Gasteiger charge is 2.27. The molecule has 1 aliphatic rings. The summed E-state index contributed by atoms with van der Waals surface area (Å²) in [5.74, 6) is 0. The minimum atomic E-state index is 0.880. The number of nitrogens with zero attached hydrogens (tertiary/aromatic N) is 2. The van der Waals surface area contributed by atoms with Gasteiger partial charge in [-0.15, -0.1) is 0 Å². The van der Waals surface area contributed by atoms with E-state index in [0.29, 0.717) is 0 Å². The lowest BCUT2D eigenvalue weighted by atomic mass is 9.93. The molecule has 3 nitrogen and oxygen atoms in total. The molecule has 56 heavy (non-hydrogen) atoms. The Morgan fingerprint density at radius 2 is 1.12 bits per heavy atom. The van der Waals surface area contributed by atoms with E-state index in [4.69, 9.17) is 4.42 Å². The average molecular weight is 737 g/mol. The Balaban J connectivity index is 1.07. The van der Waals surface area contributed by atoms with E-state index in [1.807, 2.05) is 17.8 Å². The Morgan fingerprint density at radius 3 is 1.86 bits per heavy atom. The molecule has 4 heteroatoms. The molecule has 0 aliphatic carbocycles. The van der Waals surface area contributed by atoms with Crippen LogP contribution in [0.15, 0.2) is 197 Å². The van der Waals surface area contributed by atoms with Crippen LogP contribution in [0.5, 0.6) is 0 Å². The summed E-state index contributed by atoms with van der Waals surface area (Å²) in [6, 6.07) is 63.3. The first-order chi connectivity index (χ1) is 27.6. The maximum Gasteiger partial charge on any atom is 0.137 e. The van der Waals surface area contributed by atoms with Crippen LogP contribution in [0.4, 0.5) is 28.4 Å². The third-order valence-electron chi connectivity index (χ3n) is 11.3. The molecule has 0 bridgehead atoms. The third-order valence-corrected chi connectivity index (χ3v) is 12.5. The zero-order valence-electron chi connectivity index (χ0n) is 30.9. The van der Waals surface area contributed by atoms with Crippen LogP contribution >= 0.6 is 11.8 Å². The van der Waals surface area contributed by atoms with Gasteiger partial charge in [0.05, 0.1) is 11.4 Å². The number of hydrogen-bond acceptors (Lipinski definition) is 4. The van der Waals surface area contributed by atoms with E-state index in [-0.39, 0.29) is 0 Å². The van der Waals surface area contributed by atoms with Crippen LogP contribution in [-0.2, 0) is 6.42 Å². The maximum atomic E-state index is 6.80. The quantitative estimate of drug-likeness (QED) is 0.158. The van der Waals surface area contributed by atoms with Crippen molar-refractivity contribution in [3.8, 4) is 0 Å². The van der Waals surface area contributed by atoms with Gasteiger partial charge < -0.3 is 14.2 Å². The molecule has 11 rings (SSSR count). The number of hydrogen-bond donors (Lipinski definition) is 0. The normalized spacial score (nSPS) is 12.4. The van der Waals surface area contributed by atoms with Crippen molar-refractivity contribution in [1.29, 1.82) is 0 Å². The van der Waals surface area contributed by atoms with Gasteiger partial charge in [0.25, 0.3) is 0 Å². The SMILES string of the molecule is C=C(c1ccccc1)N(c1ccc(N2c3ccccc3Sc3cc4c(cc32)oc2cc3c5ccccc5c5ccccc5c3cc24)cc1)c1ccccc1CC. The standard InChI is InChI=1S/C52H36N2OS/c1-3-34-15-7-12-22-46(34)53(33(2)35-16-5-4-6-17-35)36-25-27-37(28-26-36)54-47-23-13-14-24-51(47)56-52-31-45-44-29-42-40-20-10-8-18-38(40)39-19-9-11-21-41(39)43(42)30-49(44)55-50(45)32-48(52)54/h4-32H,2-3H2,1H3. The fourth-order valence-corrected chi connectivity index (χ4v) is 9.76. The zero-order valence-corrected chi connectivity index (χ0v) is 31.7. The highest BCUT2D eigenvalue weighted by Crippen LogP contribution is 2.54. The Morgan fingerprint density at radius 1 is 0.536 bits per heavy atom. The second-order valence-electron chi connectivity index (χ2n) is 14.5. The molecule has 0 saturated carbocycles. The first kappa shape index (κ1) is 32.7. The third kappa shape index (κ3) is 5.07. The predicted molar refractivity (Wildman–Crippen MR) is 238 cm³/mol. The van der Waals surface area contributed by atoms with Crippen molar-refractivity contribution in [2.75, 3.05) is 9.80 Å². The fraction of sp³-hybridized carbons (Fsp3) is 0.0385. The van der Waals surface area contributed by atoms with Crippen molar-refractivity contribution in [1.82, 2.24) is 0 Å². The number of fused-ring (bicyclic) bond motifs is 11. The number of benzene rings is 9. The average Bonchev–Trinajstić information content (AvgIpc) is 3.61. The van der Waals surface area contributed by atoms with Crippen molar-refractivity contribution in [2.24, 2.45) is 0 Å². The molecule has 0 spiro atoms. The lowest BCUT2D eigenvalue weighted by Crippen LogP contribution is -2.17. The molecule has 0 N–H and O–H groups in total.